The molecule has 2 N–H and O–H groups in total. The highest BCUT2D eigenvalue weighted by molar-refractivity contribution is 6.31. The molecule has 1 aliphatic rings. The number of hydrogen-bond acceptors (Lipinski definition) is 5. The fourth-order valence-corrected chi connectivity index (χ4v) is 4.52. The van der Waals surface area contributed by atoms with Crippen LogP contribution in [0.2, 0.25) is 5.02 Å². The molecule has 2 heterocycles. The van der Waals surface area contributed by atoms with Crippen LogP contribution in [0.1, 0.15) is 58.4 Å². The van der Waals surface area contributed by atoms with Crippen molar-refractivity contribution in [2.75, 3.05) is 5.32 Å². The summed E-state index contributed by atoms with van der Waals surface area (Å²) in [5.74, 6) is 0.538. The average Bonchev–Trinajstić information content (AvgIpc) is 2.70. The van der Waals surface area contributed by atoms with Gasteiger partial charge in [0.05, 0.1) is 6.10 Å². The number of aliphatic hydroxyl groups is 1. The smallest absolute Gasteiger partial charge is 0.260 e. The zero-order valence-electron chi connectivity index (χ0n) is 16.9. The first kappa shape index (κ1) is 20.1. The first-order valence-corrected chi connectivity index (χ1v) is 10.8. The molecule has 29 heavy (non-hydrogen) atoms. The maximum Gasteiger partial charge on any atom is 0.260 e. The van der Waals surface area contributed by atoms with E-state index in [4.69, 9.17) is 16.6 Å². The number of pyridine rings is 1. The second-order valence-electron chi connectivity index (χ2n) is 8.09. The summed E-state index contributed by atoms with van der Waals surface area (Å²) in [5.41, 5.74) is 0.565. The quantitative estimate of drug-likeness (QED) is 0.593. The Hall–Kier alpha value is -2.18. The third-order valence-electron chi connectivity index (χ3n) is 5.85. The van der Waals surface area contributed by atoms with E-state index in [0.717, 1.165) is 36.5 Å². The first-order valence-electron chi connectivity index (χ1n) is 10.4. The number of fused-ring (bicyclic) bond motifs is 3. The second kappa shape index (κ2) is 8.28. The highest BCUT2D eigenvalue weighted by Gasteiger charge is 2.25. The molecule has 7 heteroatoms. The Kier molecular flexibility index (Phi) is 5.74. The monoisotopic (exact) mass is 414 g/mol. The molecule has 0 aliphatic heterocycles. The number of rotatable bonds is 5. The Morgan fingerprint density at radius 3 is 2.72 bits per heavy atom. The van der Waals surface area contributed by atoms with E-state index in [1.165, 1.54) is 0 Å². The summed E-state index contributed by atoms with van der Waals surface area (Å²) < 4.78 is 1.80. The van der Waals surface area contributed by atoms with Gasteiger partial charge in [-0.05, 0) is 56.5 Å². The van der Waals surface area contributed by atoms with Gasteiger partial charge in [-0.25, -0.2) is 4.98 Å². The number of aromatic nitrogens is 3. The minimum atomic E-state index is -0.287. The van der Waals surface area contributed by atoms with Gasteiger partial charge in [0.15, 0.2) is 0 Å². The molecule has 0 amide bonds. The van der Waals surface area contributed by atoms with Crippen LogP contribution in [0.5, 0.6) is 0 Å². The summed E-state index contributed by atoms with van der Waals surface area (Å²) in [6.45, 7) is 4.25. The van der Waals surface area contributed by atoms with Crippen LogP contribution in [0, 0.1) is 0 Å². The van der Waals surface area contributed by atoms with Crippen molar-refractivity contribution in [2.24, 2.45) is 0 Å². The highest BCUT2D eigenvalue weighted by atomic mass is 35.5. The first-order chi connectivity index (χ1) is 14.0. The summed E-state index contributed by atoms with van der Waals surface area (Å²) >= 11 is 6.19. The largest absolute Gasteiger partial charge is 0.393 e. The fourth-order valence-electron chi connectivity index (χ4n) is 4.35. The molecule has 1 aromatic carbocycles. The molecule has 1 saturated carbocycles. The van der Waals surface area contributed by atoms with Crippen LogP contribution in [-0.4, -0.2) is 31.8 Å². The highest BCUT2D eigenvalue weighted by Crippen LogP contribution is 2.32. The SMILES string of the molecule is CCC[C@H](C)Nc1ncc2c3ccc(Cl)cc3c(=O)n([C@H]3CC[C@H](O)CC3)c2n1. The zero-order valence-corrected chi connectivity index (χ0v) is 17.6. The number of nitrogens with zero attached hydrogens (tertiary/aromatic N) is 3. The molecular weight excluding hydrogens is 388 g/mol. The molecule has 1 atom stereocenters. The lowest BCUT2D eigenvalue weighted by atomic mass is 9.92. The molecule has 3 aromatic rings. The third kappa shape index (κ3) is 3.96. The summed E-state index contributed by atoms with van der Waals surface area (Å²) in [5, 5.41) is 16.0. The number of nitrogens with one attached hydrogen (secondary N) is 1. The van der Waals surface area contributed by atoms with Gasteiger partial charge < -0.3 is 10.4 Å². The molecule has 1 aliphatic carbocycles. The number of halogens is 1. The predicted molar refractivity (Wildman–Crippen MR) is 118 cm³/mol. The molecule has 6 nitrogen and oxygen atoms in total. The van der Waals surface area contributed by atoms with Crippen LogP contribution >= 0.6 is 11.6 Å². The molecule has 0 unspecified atom stereocenters. The van der Waals surface area contributed by atoms with E-state index in [9.17, 15) is 9.90 Å². The van der Waals surface area contributed by atoms with E-state index in [1.807, 2.05) is 6.07 Å². The maximum atomic E-state index is 13.5. The van der Waals surface area contributed by atoms with Gasteiger partial charge in [0.1, 0.15) is 5.65 Å². The van der Waals surface area contributed by atoms with Crippen molar-refractivity contribution >= 4 is 39.4 Å². The molecule has 1 fully saturated rings. The third-order valence-corrected chi connectivity index (χ3v) is 6.08. The lowest BCUT2D eigenvalue weighted by Gasteiger charge is -2.28. The minimum Gasteiger partial charge on any atom is -0.393 e. The molecule has 0 spiro atoms. The van der Waals surface area contributed by atoms with Crippen molar-refractivity contribution in [1.29, 1.82) is 0 Å². The maximum absolute atomic E-state index is 13.5. The molecule has 4 rings (SSSR count). The van der Waals surface area contributed by atoms with Crippen molar-refractivity contribution in [2.45, 2.75) is 70.6 Å². The molecule has 0 radical (unpaired) electrons. The topological polar surface area (TPSA) is 80.0 Å². The standard InChI is InChI=1S/C22H27ClN4O2/c1-3-4-13(2)25-22-24-12-19-17-10-5-14(23)11-18(17)21(29)27(20(19)26-22)15-6-8-16(28)9-7-15/h5,10-13,15-16,28H,3-4,6-9H2,1-2H3,(H,24,25,26)/t13-,15-,16-/m0/s1. The van der Waals surface area contributed by atoms with Crippen molar-refractivity contribution in [3.05, 3.63) is 39.8 Å². The van der Waals surface area contributed by atoms with E-state index in [1.54, 1.807) is 22.9 Å². The van der Waals surface area contributed by atoms with Gasteiger partial charge in [-0.2, -0.15) is 4.98 Å². The Morgan fingerprint density at radius 1 is 1.24 bits per heavy atom. The van der Waals surface area contributed by atoms with Crippen molar-refractivity contribution in [1.82, 2.24) is 14.5 Å². The number of hydrogen-bond donors (Lipinski definition) is 2. The summed E-state index contributed by atoms with van der Waals surface area (Å²) in [7, 11) is 0. The van der Waals surface area contributed by atoms with Crippen LogP contribution in [0.4, 0.5) is 5.95 Å². The Bertz CT molecular complexity index is 1090. The van der Waals surface area contributed by atoms with Gasteiger partial charge in [-0.1, -0.05) is 31.0 Å². The van der Waals surface area contributed by atoms with Gasteiger partial charge in [0, 0.05) is 34.1 Å². The molecular formula is C22H27ClN4O2. The van der Waals surface area contributed by atoms with Crippen molar-refractivity contribution in [3.8, 4) is 0 Å². The Balaban J connectivity index is 1.92. The second-order valence-corrected chi connectivity index (χ2v) is 8.53. The van der Waals surface area contributed by atoms with Gasteiger partial charge in [0.2, 0.25) is 5.95 Å². The van der Waals surface area contributed by atoms with E-state index < -0.39 is 0 Å². The van der Waals surface area contributed by atoms with Gasteiger partial charge in [-0.3, -0.25) is 9.36 Å². The van der Waals surface area contributed by atoms with E-state index in [0.29, 0.717) is 34.8 Å². The summed E-state index contributed by atoms with van der Waals surface area (Å²) in [4.78, 5) is 22.8. The van der Waals surface area contributed by atoms with Crippen molar-refractivity contribution < 1.29 is 5.11 Å². The van der Waals surface area contributed by atoms with Gasteiger partial charge in [-0.15, -0.1) is 0 Å². The molecule has 0 saturated heterocycles. The summed E-state index contributed by atoms with van der Waals surface area (Å²) in [6, 6.07) is 5.64. The van der Waals surface area contributed by atoms with Crippen LogP contribution in [-0.2, 0) is 0 Å². The molecule has 2 aromatic heterocycles. The fraction of sp³-hybridized carbons (Fsp3) is 0.500. The van der Waals surface area contributed by atoms with Crippen LogP contribution in [0.15, 0.2) is 29.2 Å². The van der Waals surface area contributed by atoms with Crippen LogP contribution in [0.3, 0.4) is 0 Å². The van der Waals surface area contributed by atoms with Gasteiger partial charge in [0.25, 0.3) is 5.56 Å². The van der Waals surface area contributed by atoms with Gasteiger partial charge >= 0.3 is 0 Å². The van der Waals surface area contributed by atoms with Crippen molar-refractivity contribution in [3.63, 3.8) is 0 Å². The van der Waals surface area contributed by atoms with E-state index >= 15 is 0 Å². The normalized spacial score (nSPS) is 20.8. The van der Waals surface area contributed by atoms with E-state index in [-0.39, 0.29) is 23.7 Å². The van der Waals surface area contributed by atoms with Crippen LogP contribution in [0.25, 0.3) is 21.8 Å². The number of anilines is 1. The zero-order chi connectivity index (χ0) is 20.5. The van der Waals surface area contributed by atoms with Crippen LogP contribution < -0.4 is 10.9 Å². The molecule has 0 bridgehead atoms. The minimum absolute atomic E-state index is 0.00703. The predicted octanol–water partition coefficient (Wildman–Crippen LogP) is 4.67. The Morgan fingerprint density at radius 2 is 2.00 bits per heavy atom. The lowest BCUT2D eigenvalue weighted by Crippen LogP contribution is -2.30. The average molecular weight is 415 g/mol. The lowest BCUT2D eigenvalue weighted by molar-refractivity contribution is 0.111. The molecule has 154 valence electrons. The Labute approximate surface area is 174 Å². The van der Waals surface area contributed by atoms with E-state index in [2.05, 4.69) is 24.1 Å². The number of benzene rings is 1. The number of aliphatic hydroxyl groups excluding tert-OH is 1. The summed E-state index contributed by atoms with van der Waals surface area (Å²) in [6.07, 6.45) is 6.49.